The van der Waals surface area contributed by atoms with Gasteiger partial charge < -0.3 is 10.6 Å². The minimum absolute atomic E-state index is 0.165. The second kappa shape index (κ2) is 7.70. The molecule has 0 radical (unpaired) electrons. The summed E-state index contributed by atoms with van der Waals surface area (Å²) >= 11 is 3.35. The van der Waals surface area contributed by atoms with Gasteiger partial charge in [-0.05, 0) is 54.1 Å². The zero-order chi connectivity index (χ0) is 16.8. The average molecular weight is 383 g/mol. The summed E-state index contributed by atoms with van der Waals surface area (Å²) in [6, 6.07) is 14.7. The highest BCUT2D eigenvalue weighted by atomic mass is 79.9. The summed E-state index contributed by atoms with van der Waals surface area (Å²) in [5.74, 6) is 0.579. The SMILES string of the molecule is O=C(Nc1ccc(NCc2ccncc2)nc1)c1ccc(Br)cc1. The molecule has 24 heavy (non-hydrogen) atoms. The van der Waals surface area contributed by atoms with Gasteiger partial charge in [-0.25, -0.2) is 4.98 Å². The van der Waals surface area contributed by atoms with Gasteiger partial charge >= 0.3 is 0 Å². The van der Waals surface area contributed by atoms with Crippen molar-refractivity contribution < 1.29 is 4.79 Å². The Balaban J connectivity index is 1.58. The van der Waals surface area contributed by atoms with Crippen molar-refractivity contribution in [3.05, 3.63) is 82.7 Å². The lowest BCUT2D eigenvalue weighted by Gasteiger charge is -2.08. The van der Waals surface area contributed by atoms with Crippen molar-refractivity contribution in [3.63, 3.8) is 0 Å². The number of aromatic nitrogens is 2. The first-order chi connectivity index (χ1) is 11.7. The molecule has 0 saturated heterocycles. The second-order valence-electron chi connectivity index (χ2n) is 5.10. The summed E-state index contributed by atoms with van der Waals surface area (Å²) in [6.07, 6.45) is 5.14. The van der Waals surface area contributed by atoms with Crippen molar-refractivity contribution in [2.75, 3.05) is 10.6 Å². The predicted octanol–water partition coefficient (Wildman–Crippen LogP) is 4.10. The Hall–Kier alpha value is -2.73. The first-order valence-electron chi connectivity index (χ1n) is 7.36. The standard InChI is InChI=1S/C18H15BrN4O/c19-15-3-1-14(2-4-15)18(24)23-16-5-6-17(22-12-16)21-11-13-7-9-20-10-8-13/h1-10,12H,11H2,(H,21,22)(H,23,24). The van der Waals surface area contributed by atoms with E-state index < -0.39 is 0 Å². The number of pyridine rings is 2. The molecule has 0 fully saturated rings. The van der Waals surface area contributed by atoms with E-state index in [0.717, 1.165) is 15.9 Å². The Morgan fingerprint density at radius 3 is 2.42 bits per heavy atom. The molecule has 120 valence electrons. The maximum absolute atomic E-state index is 12.1. The lowest BCUT2D eigenvalue weighted by Crippen LogP contribution is -2.12. The molecule has 1 aromatic carbocycles. The van der Waals surface area contributed by atoms with Gasteiger partial charge in [-0.15, -0.1) is 0 Å². The van der Waals surface area contributed by atoms with Crippen molar-refractivity contribution in [2.45, 2.75) is 6.54 Å². The molecule has 1 amide bonds. The van der Waals surface area contributed by atoms with Crippen LogP contribution in [0.15, 0.2) is 71.6 Å². The van der Waals surface area contributed by atoms with E-state index in [4.69, 9.17) is 0 Å². The summed E-state index contributed by atoms with van der Waals surface area (Å²) in [5.41, 5.74) is 2.37. The maximum Gasteiger partial charge on any atom is 0.255 e. The molecular weight excluding hydrogens is 368 g/mol. The van der Waals surface area contributed by atoms with Crippen LogP contribution in [0.1, 0.15) is 15.9 Å². The molecule has 0 unspecified atom stereocenters. The monoisotopic (exact) mass is 382 g/mol. The van der Waals surface area contributed by atoms with Gasteiger partial charge in [0.1, 0.15) is 5.82 Å². The predicted molar refractivity (Wildman–Crippen MR) is 97.9 cm³/mol. The van der Waals surface area contributed by atoms with Crippen molar-refractivity contribution in [1.82, 2.24) is 9.97 Å². The van der Waals surface area contributed by atoms with E-state index in [2.05, 4.69) is 36.5 Å². The molecule has 0 bridgehead atoms. The smallest absolute Gasteiger partial charge is 0.255 e. The highest BCUT2D eigenvalue weighted by Crippen LogP contribution is 2.14. The molecule has 5 nitrogen and oxygen atoms in total. The Bertz CT molecular complexity index is 805. The Morgan fingerprint density at radius 2 is 1.75 bits per heavy atom. The zero-order valence-corrected chi connectivity index (χ0v) is 14.3. The fraction of sp³-hybridized carbons (Fsp3) is 0.0556. The van der Waals surface area contributed by atoms with Crippen LogP contribution in [0.2, 0.25) is 0 Å². The van der Waals surface area contributed by atoms with E-state index in [1.165, 1.54) is 0 Å². The van der Waals surface area contributed by atoms with E-state index in [0.29, 0.717) is 17.8 Å². The number of hydrogen-bond acceptors (Lipinski definition) is 4. The first kappa shape index (κ1) is 16.1. The fourth-order valence-corrected chi connectivity index (χ4v) is 2.33. The second-order valence-corrected chi connectivity index (χ2v) is 6.02. The Kier molecular flexibility index (Phi) is 5.18. The molecule has 2 heterocycles. The number of hydrogen-bond donors (Lipinski definition) is 2. The lowest BCUT2D eigenvalue weighted by molar-refractivity contribution is 0.102. The van der Waals surface area contributed by atoms with Crippen molar-refractivity contribution in [2.24, 2.45) is 0 Å². The van der Waals surface area contributed by atoms with Crippen molar-refractivity contribution in [3.8, 4) is 0 Å². The van der Waals surface area contributed by atoms with Crippen LogP contribution in [-0.4, -0.2) is 15.9 Å². The molecule has 3 rings (SSSR count). The minimum atomic E-state index is -0.165. The quantitative estimate of drug-likeness (QED) is 0.696. The number of amides is 1. The first-order valence-corrected chi connectivity index (χ1v) is 8.16. The van der Waals surface area contributed by atoms with E-state index >= 15 is 0 Å². The molecule has 0 atom stereocenters. The number of benzene rings is 1. The van der Waals surface area contributed by atoms with Crippen LogP contribution >= 0.6 is 15.9 Å². The van der Waals surface area contributed by atoms with Gasteiger partial charge in [0.25, 0.3) is 5.91 Å². The normalized spacial score (nSPS) is 10.2. The number of nitrogens with one attached hydrogen (secondary N) is 2. The molecule has 0 aliphatic carbocycles. The van der Waals surface area contributed by atoms with Gasteiger partial charge in [0.15, 0.2) is 0 Å². The molecule has 0 saturated carbocycles. The molecule has 2 aromatic heterocycles. The summed E-state index contributed by atoms with van der Waals surface area (Å²) in [6.45, 7) is 0.667. The van der Waals surface area contributed by atoms with Gasteiger partial charge in [-0.3, -0.25) is 9.78 Å². The summed E-state index contributed by atoms with van der Waals surface area (Å²) < 4.78 is 0.936. The molecule has 6 heteroatoms. The molecule has 0 aliphatic heterocycles. The van der Waals surface area contributed by atoms with Crippen LogP contribution in [0.3, 0.4) is 0 Å². The highest BCUT2D eigenvalue weighted by molar-refractivity contribution is 9.10. The molecule has 0 spiro atoms. The summed E-state index contributed by atoms with van der Waals surface area (Å²) in [7, 11) is 0. The number of carbonyl (C=O) groups is 1. The lowest BCUT2D eigenvalue weighted by atomic mass is 10.2. The van der Waals surface area contributed by atoms with Crippen molar-refractivity contribution >= 4 is 33.3 Å². The summed E-state index contributed by atoms with van der Waals surface area (Å²) in [4.78, 5) is 20.4. The van der Waals surface area contributed by atoms with Crippen LogP contribution in [0.25, 0.3) is 0 Å². The van der Waals surface area contributed by atoms with E-state index in [1.54, 1.807) is 30.7 Å². The van der Waals surface area contributed by atoms with Gasteiger partial charge in [0, 0.05) is 29.0 Å². The number of nitrogens with zero attached hydrogens (tertiary/aromatic N) is 2. The number of anilines is 2. The van der Waals surface area contributed by atoms with Crippen LogP contribution in [0.4, 0.5) is 11.5 Å². The molecule has 3 aromatic rings. The van der Waals surface area contributed by atoms with Gasteiger partial charge in [-0.2, -0.15) is 0 Å². The van der Waals surface area contributed by atoms with Crippen LogP contribution < -0.4 is 10.6 Å². The van der Waals surface area contributed by atoms with E-state index in [9.17, 15) is 4.79 Å². The van der Waals surface area contributed by atoms with Gasteiger partial charge in [0.2, 0.25) is 0 Å². The minimum Gasteiger partial charge on any atom is -0.366 e. The number of rotatable bonds is 5. The molecule has 2 N–H and O–H groups in total. The van der Waals surface area contributed by atoms with Crippen LogP contribution in [-0.2, 0) is 6.54 Å². The van der Waals surface area contributed by atoms with Crippen molar-refractivity contribution in [1.29, 1.82) is 0 Å². The third-order valence-corrected chi connectivity index (χ3v) is 3.88. The van der Waals surface area contributed by atoms with Crippen LogP contribution in [0.5, 0.6) is 0 Å². The fourth-order valence-electron chi connectivity index (χ4n) is 2.07. The Morgan fingerprint density at radius 1 is 1.00 bits per heavy atom. The third kappa shape index (κ3) is 4.39. The average Bonchev–Trinajstić information content (AvgIpc) is 2.62. The number of halogens is 1. The zero-order valence-electron chi connectivity index (χ0n) is 12.7. The topological polar surface area (TPSA) is 66.9 Å². The van der Waals surface area contributed by atoms with E-state index in [1.807, 2.05) is 36.4 Å². The third-order valence-electron chi connectivity index (χ3n) is 3.35. The maximum atomic E-state index is 12.1. The highest BCUT2D eigenvalue weighted by Gasteiger charge is 2.06. The Labute approximate surface area is 148 Å². The van der Waals surface area contributed by atoms with Gasteiger partial charge in [-0.1, -0.05) is 15.9 Å². The molecule has 0 aliphatic rings. The van der Waals surface area contributed by atoms with E-state index in [-0.39, 0.29) is 5.91 Å². The largest absolute Gasteiger partial charge is 0.366 e. The molecular formula is C18H15BrN4O. The summed E-state index contributed by atoms with van der Waals surface area (Å²) in [5, 5.41) is 6.05. The van der Waals surface area contributed by atoms with Gasteiger partial charge in [0.05, 0.1) is 11.9 Å². The van der Waals surface area contributed by atoms with Crippen LogP contribution in [0, 0.1) is 0 Å². The number of carbonyl (C=O) groups excluding carboxylic acids is 1.